The Morgan fingerprint density at radius 2 is 2.08 bits per heavy atom. The monoisotopic (exact) mass is 409 g/mol. The van der Waals surface area contributed by atoms with Gasteiger partial charge < -0.3 is 5.32 Å². The van der Waals surface area contributed by atoms with Crippen LogP contribution in [0.25, 0.3) is 5.57 Å². The Labute approximate surface area is 166 Å². The van der Waals surface area contributed by atoms with Gasteiger partial charge in [-0.3, -0.25) is 4.99 Å². The fourth-order valence-corrected chi connectivity index (χ4v) is 3.57. The first-order chi connectivity index (χ1) is 12.4. The molecule has 1 unspecified atom stereocenters. The fraction of sp³-hybridized carbons (Fsp3) is 0.263. The summed E-state index contributed by atoms with van der Waals surface area (Å²) < 4.78 is 14.3. The van der Waals surface area contributed by atoms with E-state index in [1.807, 2.05) is 0 Å². The van der Waals surface area contributed by atoms with E-state index < -0.39 is 5.13 Å². The van der Waals surface area contributed by atoms with Gasteiger partial charge in [0, 0.05) is 52.7 Å². The molecule has 0 saturated heterocycles. The van der Waals surface area contributed by atoms with Crippen LogP contribution in [-0.4, -0.2) is 23.9 Å². The summed E-state index contributed by atoms with van der Waals surface area (Å²) in [6, 6.07) is 7.27. The van der Waals surface area contributed by atoms with Crippen molar-refractivity contribution in [3.8, 4) is 6.07 Å². The van der Waals surface area contributed by atoms with Crippen LogP contribution in [-0.2, 0) is 0 Å². The van der Waals surface area contributed by atoms with Crippen LogP contribution < -0.4 is 5.32 Å². The number of nitrogens with one attached hydrogen (secondary N) is 1. The lowest BCUT2D eigenvalue weighted by Gasteiger charge is -2.18. The molecule has 0 bridgehead atoms. The molecule has 1 atom stereocenters. The van der Waals surface area contributed by atoms with Crippen molar-refractivity contribution < 1.29 is 4.39 Å². The molecule has 0 radical (unpaired) electrons. The highest BCUT2D eigenvalue weighted by atomic mass is 35.5. The summed E-state index contributed by atoms with van der Waals surface area (Å²) in [6.45, 7) is 1.25. The molecule has 7 heteroatoms. The fourth-order valence-electron chi connectivity index (χ4n) is 2.90. The Bertz CT molecular complexity index is 892. The molecule has 1 aliphatic carbocycles. The zero-order valence-corrected chi connectivity index (χ0v) is 16.0. The molecule has 0 fully saturated rings. The molecular weight excluding hydrogens is 396 g/mol. The van der Waals surface area contributed by atoms with Crippen molar-refractivity contribution in [2.75, 3.05) is 13.1 Å². The second-order valence-electron chi connectivity index (χ2n) is 5.92. The summed E-state index contributed by atoms with van der Waals surface area (Å²) in [5.41, 5.74) is 3.57. The van der Waals surface area contributed by atoms with Gasteiger partial charge >= 0.3 is 0 Å². The first kappa shape index (κ1) is 19.1. The molecule has 3 nitrogen and oxygen atoms in total. The van der Waals surface area contributed by atoms with E-state index in [0.29, 0.717) is 47.3 Å². The molecule has 0 spiro atoms. The Kier molecular flexibility index (Phi) is 5.84. The minimum absolute atomic E-state index is 0.438. The molecule has 1 aromatic carbocycles. The first-order valence-electron chi connectivity index (χ1n) is 8.07. The zero-order valence-electron chi connectivity index (χ0n) is 13.7. The molecule has 1 N–H and O–H groups in total. The maximum atomic E-state index is 14.3. The van der Waals surface area contributed by atoms with Crippen LogP contribution in [0.5, 0.6) is 0 Å². The number of hydrogen-bond donors (Lipinski definition) is 1. The summed E-state index contributed by atoms with van der Waals surface area (Å²) >= 11 is 18.3. The smallest absolute Gasteiger partial charge is 0.221 e. The topological polar surface area (TPSA) is 48.2 Å². The Morgan fingerprint density at radius 3 is 2.81 bits per heavy atom. The minimum atomic E-state index is -2.06. The molecule has 2 aliphatic rings. The van der Waals surface area contributed by atoms with Crippen molar-refractivity contribution in [3.63, 3.8) is 0 Å². The average molecular weight is 411 g/mol. The number of nitriles is 1. The van der Waals surface area contributed by atoms with Gasteiger partial charge in [-0.2, -0.15) is 5.26 Å². The Morgan fingerprint density at radius 1 is 1.27 bits per heavy atom. The number of nitrogens with zero attached hydrogens (tertiary/aromatic N) is 2. The molecule has 0 saturated carbocycles. The molecule has 134 valence electrons. The summed E-state index contributed by atoms with van der Waals surface area (Å²) in [6.07, 6.45) is 5.25. The number of alkyl halides is 2. The third-order valence-electron chi connectivity index (χ3n) is 4.04. The van der Waals surface area contributed by atoms with E-state index >= 15 is 0 Å². The highest BCUT2D eigenvalue weighted by Gasteiger charge is 2.33. The van der Waals surface area contributed by atoms with Crippen LogP contribution in [0.2, 0.25) is 10.0 Å². The van der Waals surface area contributed by atoms with E-state index in [9.17, 15) is 4.39 Å². The van der Waals surface area contributed by atoms with Crippen LogP contribution >= 0.6 is 34.8 Å². The summed E-state index contributed by atoms with van der Waals surface area (Å²) in [5, 5.41) is 10.7. The van der Waals surface area contributed by atoms with Crippen molar-refractivity contribution in [1.82, 2.24) is 5.32 Å². The first-order valence-corrected chi connectivity index (χ1v) is 9.20. The largest absolute Gasteiger partial charge is 0.315 e. The number of aliphatic imine (C=N–C) groups is 1. The normalized spacial score (nSPS) is 21.3. The van der Waals surface area contributed by atoms with Crippen LogP contribution in [0.4, 0.5) is 4.39 Å². The molecule has 1 aromatic rings. The maximum absolute atomic E-state index is 14.3. The lowest BCUT2D eigenvalue weighted by Crippen LogP contribution is -2.16. The predicted molar refractivity (Wildman–Crippen MR) is 105 cm³/mol. The van der Waals surface area contributed by atoms with Gasteiger partial charge in [-0.05, 0) is 30.4 Å². The van der Waals surface area contributed by atoms with E-state index in [4.69, 9.17) is 40.1 Å². The van der Waals surface area contributed by atoms with Gasteiger partial charge in [-0.15, -0.1) is 0 Å². The third-order valence-corrected chi connectivity index (χ3v) is 4.83. The van der Waals surface area contributed by atoms with Gasteiger partial charge in [0.1, 0.15) is 0 Å². The van der Waals surface area contributed by atoms with Gasteiger partial charge in [-0.25, -0.2) is 4.39 Å². The van der Waals surface area contributed by atoms with E-state index in [1.54, 1.807) is 24.3 Å². The number of benzene rings is 1. The highest BCUT2D eigenvalue weighted by Crippen LogP contribution is 2.43. The molecule has 26 heavy (non-hydrogen) atoms. The zero-order chi connectivity index (χ0) is 18.7. The average Bonchev–Trinajstić information content (AvgIpc) is 2.91. The third kappa shape index (κ3) is 4.19. The lowest BCUT2D eigenvalue weighted by atomic mass is 9.91. The van der Waals surface area contributed by atoms with Crippen LogP contribution in [0, 0.1) is 11.3 Å². The molecule has 0 aromatic heterocycles. The quantitative estimate of drug-likeness (QED) is 0.500. The Balaban J connectivity index is 1.97. The van der Waals surface area contributed by atoms with Gasteiger partial charge in [0.25, 0.3) is 0 Å². The van der Waals surface area contributed by atoms with E-state index in [0.717, 1.165) is 16.8 Å². The van der Waals surface area contributed by atoms with E-state index in [-0.39, 0.29) is 0 Å². The van der Waals surface area contributed by atoms with Gasteiger partial charge in [0.05, 0.1) is 17.5 Å². The van der Waals surface area contributed by atoms with Crippen molar-refractivity contribution in [2.45, 2.75) is 18.0 Å². The molecule has 3 rings (SSSR count). The van der Waals surface area contributed by atoms with Crippen molar-refractivity contribution in [3.05, 3.63) is 63.3 Å². The molecule has 0 amide bonds. The van der Waals surface area contributed by atoms with Crippen LogP contribution in [0.1, 0.15) is 18.4 Å². The summed E-state index contributed by atoms with van der Waals surface area (Å²) in [4.78, 5) is 4.63. The number of fused-ring (bicyclic) bond motifs is 1. The maximum Gasteiger partial charge on any atom is 0.221 e. The SMILES string of the molecule is N#CCCNCCC1=C(c2ccc(Cl)cc2Cl)C2=CC(F)(Cl)C=CC2=N1. The van der Waals surface area contributed by atoms with Gasteiger partial charge in [0.15, 0.2) is 0 Å². The Hall–Kier alpha value is -1.64. The minimum Gasteiger partial charge on any atom is -0.315 e. The lowest BCUT2D eigenvalue weighted by molar-refractivity contribution is 0.415. The van der Waals surface area contributed by atoms with E-state index in [1.165, 1.54) is 12.2 Å². The number of halogens is 4. The second-order valence-corrected chi connectivity index (χ2v) is 7.34. The van der Waals surface area contributed by atoms with Gasteiger partial charge in [0.2, 0.25) is 5.13 Å². The van der Waals surface area contributed by atoms with Gasteiger partial charge in [-0.1, -0.05) is 40.9 Å². The number of rotatable bonds is 6. The van der Waals surface area contributed by atoms with Crippen molar-refractivity contribution >= 4 is 46.1 Å². The molecule has 1 heterocycles. The van der Waals surface area contributed by atoms with Crippen LogP contribution in [0.3, 0.4) is 0 Å². The second kappa shape index (κ2) is 7.94. The summed E-state index contributed by atoms with van der Waals surface area (Å²) in [5.74, 6) is 0. The molecule has 1 aliphatic heterocycles. The van der Waals surface area contributed by atoms with Crippen LogP contribution in [0.15, 0.2) is 52.7 Å². The highest BCUT2D eigenvalue weighted by molar-refractivity contribution is 6.37. The molecular formula is C19H15Cl3FN3. The summed E-state index contributed by atoms with van der Waals surface area (Å²) in [7, 11) is 0. The standard InChI is InChI=1S/C19H15Cl3FN3/c20-12-2-3-13(15(21)10-12)18-14-11-19(22,23)6-4-16(14)26-17(18)5-9-25-8-1-7-24/h2-4,6,10-11,25H,1,5,8-9H2. The number of allylic oxidation sites excluding steroid dienone is 5. The van der Waals surface area contributed by atoms with E-state index in [2.05, 4.69) is 16.4 Å². The van der Waals surface area contributed by atoms with Crippen molar-refractivity contribution in [2.24, 2.45) is 4.99 Å². The number of hydrogen-bond acceptors (Lipinski definition) is 3. The predicted octanol–water partition coefficient (Wildman–Crippen LogP) is 5.45. The van der Waals surface area contributed by atoms with Crippen molar-refractivity contribution in [1.29, 1.82) is 5.26 Å².